The molecule has 2 aromatic carbocycles. The molecule has 3 rings (SSSR count). The third-order valence-electron chi connectivity index (χ3n) is 3.74. The van der Waals surface area contributed by atoms with Gasteiger partial charge in [0.25, 0.3) is 0 Å². The Bertz CT molecular complexity index is 720. The Morgan fingerprint density at radius 2 is 1.80 bits per heavy atom. The van der Waals surface area contributed by atoms with E-state index >= 15 is 0 Å². The highest BCUT2D eigenvalue weighted by atomic mass is 14.6. The summed E-state index contributed by atoms with van der Waals surface area (Å²) in [5.41, 5.74) is 9.68. The molecular weight excluding hydrogens is 244 g/mol. The van der Waals surface area contributed by atoms with E-state index in [4.69, 9.17) is 5.73 Å². The SMILES string of the molecule is Cc1ccc2cc(C(CN)c3cccnc3)ccc2c1. The first-order chi connectivity index (χ1) is 9.78. The van der Waals surface area contributed by atoms with Gasteiger partial charge in [0.2, 0.25) is 0 Å². The Labute approximate surface area is 119 Å². The van der Waals surface area contributed by atoms with Crippen LogP contribution >= 0.6 is 0 Å². The summed E-state index contributed by atoms with van der Waals surface area (Å²) in [5.74, 6) is 0.203. The Balaban J connectivity index is 2.06. The number of benzene rings is 2. The zero-order valence-corrected chi connectivity index (χ0v) is 11.6. The van der Waals surface area contributed by atoms with Gasteiger partial charge in [-0.2, -0.15) is 0 Å². The van der Waals surface area contributed by atoms with Gasteiger partial charge in [-0.15, -0.1) is 0 Å². The van der Waals surface area contributed by atoms with Gasteiger partial charge in [-0.05, 0) is 34.9 Å². The van der Waals surface area contributed by atoms with Gasteiger partial charge in [0.05, 0.1) is 0 Å². The van der Waals surface area contributed by atoms with Gasteiger partial charge in [-0.25, -0.2) is 0 Å². The summed E-state index contributed by atoms with van der Waals surface area (Å²) in [6.45, 7) is 2.70. The molecule has 100 valence electrons. The van der Waals surface area contributed by atoms with Gasteiger partial charge in [0, 0.05) is 24.9 Å². The minimum atomic E-state index is 0.203. The van der Waals surface area contributed by atoms with Crippen LogP contribution in [0, 0.1) is 6.92 Å². The molecule has 20 heavy (non-hydrogen) atoms. The summed E-state index contributed by atoms with van der Waals surface area (Å²) in [4.78, 5) is 4.20. The van der Waals surface area contributed by atoms with E-state index in [0.717, 1.165) is 0 Å². The molecule has 0 amide bonds. The molecule has 1 atom stereocenters. The van der Waals surface area contributed by atoms with Crippen molar-refractivity contribution in [2.24, 2.45) is 5.73 Å². The summed E-state index contributed by atoms with van der Waals surface area (Å²) >= 11 is 0. The predicted molar refractivity (Wildman–Crippen MR) is 83.8 cm³/mol. The minimum Gasteiger partial charge on any atom is -0.330 e. The first-order valence-electron chi connectivity index (χ1n) is 6.88. The van der Waals surface area contributed by atoms with Crippen LogP contribution in [0.2, 0.25) is 0 Å². The number of fused-ring (bicyclic) bond motifs is 1. The van der Waals surface area contributed by atoms with E-state index in [1.807, 2.05) is 12.3 Å². The Hall–Kier alpha value is -2.19. The molecular formula is C18H18N2. The molecule has 3 aromatic rings. The smallest absolute Gasteiger partial charge is 0.0306 e. The molecule has 2 N–H and O–H groups in total. The van der Waals surface area contributed by atoms with Crippen LogP contribution < -0.4 is 5.73 Å². The standard InChI is InChI=1S/C18H18N2/c1-13-4-5-15-10-16(7-6-14(15)9-13)18(11-19)17-3-2-8-20-12-17/h2-10,12,18H,11,19H2,1H3. The van der Waals surface area contributed by atoms with E-state index in [1.54, 1.807) is 6.20 Å². The minimum absolute atomic E-state index is 0.203. The molecule has 1 unspecified atom stereocenters. The van der Waals surface area contributed by atoms with Crippen LogP contribution in [0.4, 0.5) is 0 Å². The lowest BCUT2D eigenvalue weighted by Gasteiger charge is -2.16. The van der Waals surface area contributed by atoms with E-state index in [9.17, 15) is 0 Å². The molecule has 0 bridgehead atoms. The van der Waals surface area contributed by atoms with Gasteiger partial charge in [-0.3, -0.25) is 4.98 Å². The maximum Gasteiger partial charge on any atom is 0.0306 e. The van der Waals surface area contributed by atoms with Gasteiger partial charge < -0.3 is 5.73 Å². The second-order valence-electron chi connectivity index (χ2n) is 5.18. The van der Waals surface area contributed by atoms with Crippen LogP contribution in [0.1, 0.15) is 22.6 Å². The number of nitrogens with zero attached hydrogens (tertiary/aromatic N) is 1. The molecule has 0 saturated carbocycles. The lowest BCUT2D eigenvalue weighted by molar-refractivity contribution is 0.815. The van der Waals surface area contributed by atoms with Gasteiger partial charge in [0.1, 0.15) is 0 Å². The summed E-state index contributed by atoms with van der Waals surface area (Å²) < 4.78 is 0. The average Bonchev–Trinajstić information content (AvgIpc) is 2.49. The summed E-state index contributed by atoms with van der Waals surface area (Å²) in [6, 6.07) is 17.2. The van der Waals surface area contributed by atoms with Crippen LogP contribution in [-0.2, 0) is 0 Å². The highest BCUT2D eigenvalue weighted by Gasteiger charge is 2.12. The molecule has 0 spiro atoms. The second kappa shape index (κ2) is 5.43. The third-order valence-corrected chi connectivity index (χ3v) is 3.74. The van der Waals surface area contributed by atoms with Crippen LogP contribution in [0.25, 0.3) is 10.8 Å². The van der Waals surface area contributed by atoms with Crippen LogP contribution in [0.3, 0.4) is 0 Å². The zero-order chi connectivity index (χ0) is 13.9. The monoisotopic (exact) mass is 262 g/mol. The van der Waals surface area contributed by atoms with E-state index in [2.05, 4.69) is 54.4 Å². The molecule has 2 heteroatoms. The largest absolute Gasteiger partial charge is 0.330 e. The zero-order valence-electron chi connectivity index (χ0n) is 11.6. The van der Waals surface area contributed by atoms with Gasteiger partial charge >= 0.3 is 0 Å². The van der Waals surface area contributed by atoms with Crippen molar-refractivity contribution in [1.29, 1.82) is 0 Å². The molecule has 0 radical (unpaired) electrons. The highest BCUT2D eigenvalue weighted by Crippen LogP contribution is 2.26. The van der Waals surface area contributed by atoms with E-state index in [1.165, 1.54) is 27.5 Å². The lowest BCUT2D eigenvalue weighted by Crippen LogP contribution is -2.14. The van der Waals surface area contributed by atoms with Crippen LogP contribution in [-0.4, -0.2) is 11.5 Å². The molecule has 0 aliphatic heterocycles. The van der Waals surface area contributed by atoms with Crippen molar-refractivity contribution in [2.75, 3.05) is 6.54 Å². The quantitative estimate of drug-likeness (QED) is 0.782. The number of nitrogens with two attached hydrogens (primary N) is 1. The molecule has 1 aromatic heterocycles. The van der Waals surface area contributed by atoms with Crippen molar-refractivity contribution < 1.29 is 0 Å². The Kier molecular flexibility index (Phi) is 3.48. The van der Waals surface area contributed by atoms with Gasteiger partial charge in [0.15, 0.2) is 0 Å². The molecule has 1 heterocycles. The summed E-state index contributed by atoms with van der Waals surface area (Å²) in [7, 11) is 0. The van der Waals surface area contributed by atoms with Crippen molar-refractivity contribution in [1.82, 2.24) is 4.98 Å². The summed E-state index contributed by atoms with van der Waals surface area (Å²) in [5, 5.41) is 2.53. The maximum absolute atomic E-state index is 5.98. The number of hydrogen-bond acceptors (Lipinski definition) is 2. The normalized spacial score (nSPS) is 12.5. The molecule has 0 saturated heterocycles. The number of aryl methyl sites for hydroxylation is 1. The number of aromatic nitrogens is 1. The number of pyridine rings is 1. The predicted octanol–water partition coefficient (Wildman–Crippen LogP) is 3.63. The van der Waals surface area contributed by atoms with Crippen LogP contribution in [0.15, 0.2) is 60.9 Å². The number of hydrogen-bond donors (Lipinski definition) is 1. The Morgan fingerprint density at radius 1 is 1.00 bits per heavy atom. The fraction of sp³-hybridized carbons (Fsp3) is 0.167. The average molecular weight is 262 g/mol. The molecule has 0 aliphatic carbocycles. The topological polar surface area (TPSA) is 38.9 Å². The maximum atomic E-state index is 5.98. The lowest BCUT2D eigenvalue weighted by atomic mass is 9.91. The van der Waals surface area contributed by atoms with E-state index in [-0.39, 0.29) is 5.92 Å². The molecule has 2 nitrogen and oxygen atoms in total. The highest BCUT2D eigenvalue weighted by molar-refractivity contribution is 5.84. The van der Waals surface area contributed by atoms with E-state index in [0.29, 0.717) is 6.54 Å². The van der Waals surface area contributed by atoms with Gasteiger partial charge in [-0.1, -0.05) is 48.0 Å². The molecule has 0 fully saturated rings. The Morgan fingerprint density at radius 3 is 2.55 bits per heavy atom. The molecule has 0 aliphatic rings. The first-order valence-corrected chi connectivity index (χ1v) is 6.88. The van der Waals surface area contributed by atoms with Crippen LogP contribution in [0.5, 0.6) is 0 Å². The van der Waals surface area contributed by atoms with Crippen molar-refractivity contribution in [3.05, 3.63) is 77.6 Å². The van der Waals surface area contributed by atoms with Crippen molar-refractivity contribution in [3.63, 3.8) is 0 Å². The first kappa shape index (κ1) is 12.8. The van der Waals surface area contributed by atoms with Crippen molar-refractivity contribution in [3.8, 4) is 0 Å². The fourth-order valence-electron chi connectivity index (χ4n) is 2.65. The fourth-order valence-corrected chi connectivity index (χ4v) is 2.65. The van der Waals surface area contributed by atoms with Crippen molar-refractivity contribution in [2.45, 2.75) is 12.8 Å². The van der Waals surface area contributed by atoms with Crippen molar-refractivity contribution >= 4 is 10.8 Å². The third kappa shape index (κ3) is 2.43. The number of rotatable bonds is 3. The summed E-state index contributed by atoms with van der Waals surface area (Å²) in [6.07, 6.45) is 3.69. The van der Waals surface area contributed by atoms with E-state index < -0.39 is 0 Å². The second-order valence-corrected chi connectivity index (χ2v) is 5.18.